The zero-order valence-corrected chi connectivity index (χ0v) is 19.1. The van der Waals surface area contributed by atoms with Crippen molar-refractivity contribution in [3.05, 3.63) is 47.7 Å². The summed E-state index contributed by atoms with van der Waals surface area (Å²) in [5.41, 5.74) is 2.92. The lowest BCUT2D eigenvalue weighted by Crippen LogP contribution is -2.58. The lowest BCUT2D eigenvalue weighted by Gasteiger charge is -2.29. The second kappa shape index (κ2) is 12.5. The molecule has 0 spiro atoms. The second-order valence-corrected chi connectivity index (χ2v) is 9.07. The standard InChI is InChI=1S/C22H36N2.ClHO4/c1-6-7-18-8-10-19(11-9-18)20-12-14-21(15-13-20)22(24(4)5)16-17-23(2)3;2-1(3,4)5/h12-19,22H,6-11H2,1-5H3;(H,2,3,4,5). The first-order chi connectivity index (χ1) is 13.5. The van der Waals surface area contributed by atoms with Gasteiger partial charge in [0.25, 0.3) is 0 Å². The molecule has 0 saturated heterocycles. The van der Waals surface area contributed by atoms with Crippen LogP contribution in [-0.4, -0.2) is 42.6 Å². The minimum atomic E-state index is -4.69. The fourth-order valence-corrected chi connectivity index (χ4v) is 3.99. The SMILES string of the molecule is CCCC1CCC(c2ccc(C(C=CN(C)C)N(C)C)cc2)CC1.[O-][Cl+3]([O-])([O-])O. The highest BCUT2D eigenvalue weighted by molar-refractivity contribution is 5.29. The summed E-state index contributed by atoms with van der Waals surface area (Å²) in [5, 5.41) is 0. The van der Waals surface area contributed by atoms with Crippen molar-refractivity contribution < 1.29 is 28.9 Å². The molecule has 1 unspecified atom stereocenters. The summed E-state index contributed by atoms with van der Waals surface area (Å²) in [7, 11) is 3.74. The molecular formula is C22H37ClN2O4. The van der Waals surface area contributed by atoms with E-state index in [1.54, 1.807) is 5.56 Å². The number of halogens is 1. The highest BCUT2D eigenvalue weighted by Crippen LogP contribution is 2.37. The number of hydrogen-bond donors (Lipinski definition) is 1. The molecule has 0 bridgehead atoms. The van der Waals surface area contributed by atoms with Crippen molar-refractivity contribution in [2.75, 3.05) is 28.2 Å². The van der Waals surface area contributed by atoms with Crippen molar-refractivity contribution in [2.24, 2.45) is 5.92 Å². The lowest BCUT2D eigenvalue weighted by molar-refractivity contribution is -1.92. The number of rotatable bonds is 7. The molecule has 1 N–H and O–H groups in total. The third-order valence-corrected chi connectivity index (χ3v) is 5.42. The smallest absolute Gasteiger partial charge is 0.0777 e. The van der Waals surface area contributed by atoms with Crippen LogP contribution in [0.2, 0.25) is 0 Å². The van der Waals surface area contributed by atoms with Crippen molar-refractivity contribution in [3.63, 3.8) is 0 Å². The summed E-state index contributed by atoms with van der Waals surface area (Å²) in [6.45, 7) is 2.32. The fourth-order valence-electron chi connectivity index (χ4n) is 3.99. The Labute approximate surface area is 178 Å². The number of hydrogen-bond acceptors (Lipinski definition) is 6. The Bertz CT molecular complexity index is 586. The van der Waals surface area contributed by atoms with Gasteiger partial charge in [0.05, 0.1) is 20.9 Å². The summed E-state index contributed by atoms with van der Waals surface area (Å²) < 4.78 is 32.7. The molecule has 2 rings (SSSR count). The van der Waals surface area contributed by atoms with E-state index in [4.69, 9.17) is 18.6 Å². The average molecular weight is 429 g/mol. The van der Waals surface area contributed by atoms with Crippen LogP contribution in [0.25, 0.3) is 0 Å². The van der Waals surface area contributed by atoms with Crippen LogP contribution in [0.4, 0.5) is 0 Å². The van der Waals surface area contributed by atoms with Gasteiger partial charge in [-0.25, -0.2) is 0 Å². The van der Waals surface area contributed by atoms with Crippen LogP contribution in [0.5, 0.6) is 0 Å². The van der Waals surface area contributed by atoms with Gasteiger partial charge >= 0.3 is 0 Å². The van der Waals surface area contributed by atoms with E-state index in [-0.39, 0.29) is 0 Å². The summed E-state index contributed by atoms with van der Waals surface area (Å²) in [6, 6.07) is 9.75. The van der Waals surface area contributed by atoms with Crippen LogP contribution in [-0.2, 0) is 0 Å². The molecule has 1 aromatic rings. The van der Waals surface area contributed by atoms with Gasteiger partial charge in [-0.3, -0.25) is 4.90 Å². The van der Waals surface area contributed by atoms with Gasteiger partial charge in [-0.15, -0.1) is 0 Å². The van der Waals surface area contributed by atoms with E-state index in [9.17, 15) is 0 Å². The van der Waals surface area contributed by atoms with Crippen molar-refractivity contribution in [3.8, 4) is 0 Å². The zero-order chi connectivity index (χ0) is 22.0. The monoisotopic (exact) mass is 428 g/mol. The molecule has 166 valence electrons. The maximum Gasteiger partial charge on any atom is 0.0777 e. The Morgan fingerprint density at radius 1 is 1.03 bits per heavy atom. The molecule has 0 aromatic heterocycles. The topological polar surface area (TPSA) is 95.9 Å². The number of likely N-dealkylation sites (N-methyl/N-ethyl adjacent to an activating group) is 1. The molecule has 0 amide bonds. The molecule has 29 heavy (non-hydrogen) atoms. The van der Waals surface area contributed by atoms with E-state index in [1.165, 1.54) is 44.1 Å². The normalized spacial score (nSPS) is 21.0. The van der Waals surface area contributed by atoms with Gasteiger partial charge in [-0.05, 0) is 75.0 Å². The van der Waals surface area contributed by atoms with Crippen molar-refractivity contribution in [1.29, 1.82) is 0 Å². The van der Waals surface area contributed by atoms with Gasteiger partial charge in [0, 0.05) is 14.1 Å². The van der Waals surface area contributed by atoms with Crippen LogP contribution in [0.1, 0.15) is 68.5 Å². The summed E-state index contributed by atoms with van der Waals surface area (Å²) >= 11 is 0. The summed E-state index contributed by atoms with van der Waals surface area (Å²) in [6.07, 6.45) is 12.8. The minimum absolute atomic E-state index is 0.335. The van der Waals surface area contributed by atoms with Crippen LogP contribution in [0.3, 0.4) is 0 Å². The van der Waals surface area contributed by atoms with Gasteiger partial charge in [-0.2, -0.15) is 14.0 Å². The van der Waals surface area contributed by atoms with Gasteiger partial charge in [0.15, 0.2) is 0 Å². The number of nitrogens with zero attached hydrogens (tertiary/aromatic N) is 2. The molecular weight excluding hydrogens is 392 g/mol. The van der Waals surface area contributed by atoms with E-state index in [2.05, 4.69) is 81.5 Å². The van der Waals surface area contributed by atoms with Crippen molar-refractivity contribution >= 4 is 0 Å². The fraction of sp³-hybridized carbons (Fsp3) is 0.636. The van der Waals surface area contributed by atoms with Gasteiger partial charge in [0.1, 0.15) is 0 Å². The molecule has 7 heteroatoms. The highest BCUT2D eigenvalue weighted by Gasteiger charge is 2.22. The van der Waals surface area contributed by atoms with Crippen LogP contribution < -0.4 is 14.0 Å². The summed E-state index contributed by atoms with van der Waals surface area (Å²) in [4.78, 5) is 4.37. The molecule has 1 aromatic carbocycles. The van der Waals surface area contributed by atoms with Crippen LogP contribution in [0, 0.1) is 16.2 Å². The predicted molar refractivity (Wildman–Crippen MR) is 108 cm³/mol. The largest absolute Gasteiger partial charge is 0.384 e. The first-order valence-corrected chi connectivity index (χ1v) is 11.5. The summed E-state index contributed by atoms with van der Waals surface area (Å²) in [5.74, 6) is 1.77. The maximum atomic E-state index is 8.60. The van der Waals surface area contributed by atoms with Crippen LogP contribution >= 0.6 is 0 Å². The van der Waals surface area contributed by atoms with Gasteiger partial charge in [0.2, 0.25) is 0 Å². The van der Waals surface area contributed by atoms with E-state index in [1.807, 2.05) is 0 Å². The third kappa shape index (κ3) is 11.0. The van der Waals surface area contributed by atoms with E-state index in [0.717, 1.165) is 11.8 Å². The molecule has 1 aliphatic rings. The van der Waals surface area contributed by atoms with E-state index >= 15 is 0 Å². The Hall–Kier alpha value is -1.15. The van der Waals surface area contributed by atoms with Crippen LogP contribution in [0.15, 0.2) is 36.5 Å². The highest BCUT2D eigenvalue weighted by atomic mass is 35.7. The predicted octanol–water partition coefficient (Wildman–Crippen LogP) is 1.31. The van der Waals surface area contributed by atoms with Crippen molar-refractivity contribution in [1.82, 2.24) is 9.80 Å². The van der Waals surface area contributed by atoms with E-state index < -0.39 is 10.2 Å². The first-order valence-electron chi connectivity index (χ1n) is 10.3. The molecule has 6 nitrogen and oxygen atoms in total. The third-order valence-electron chi connectivity index (χ3n) is 5.42. The molecule has 0 radical (unpaired) electrons. The molecule has 0 heterocycles. The Morgan fingerprint density at radius 2 is 1.55 bits per heavy atom. The molecule has 1 atom stereocenters. The minimum Gasteiger partial charge on any atom is -0.384 e. The van der Waals surface area contributed by atoms with E-state index in [0.29, 0.717) is 6.04 Å². The molecule has 1 saturated carbocycles. The average Bonchev–Trinajstić information content (AvgIpc) is 2.61. The Morgan fingerprint density at radius 3 is 1.97 bits per heavy atom. The Balaban J connectivity index is 0.000000749. The quantitative estimate of drug-likeness (QED) is 0.703. The molecule has 1 fully saturated rings. The van der Waals surface area contributed by atoms with Crippen molar-refractivity contribution in [2.45, 2.75) is 57.4 Å². The maximum absolute atomic E-state index is 8.60. The second-order valence-electron chi connectivity index (χ2n) is 8.28. The lowest BCUT2D eigenvalue weighted by atomic mass is 9.77. The molecule has 1 aliphatic carbocycles. The first kappa shape index (κ1) is 25.9. The zero-order valence-electron chi connectivity index (χ0n) is 18.4. The van der Waals surface area contributed by atoms with Gasteiger partial charge in [-0.1, -0.05) is 44.0 Å². The molecule has 0 aliphatic heterocycles. The Kier molecular flexibility index (Phi) is 11.2. The van der Waals surface area contributed by atoms with Gasteiger partial charge < -0.3 is 4.90 Å². The number of benzene rings is 1.